The minimum atomic E-state index is -0.797. The molecular weight excluding hydrogens is 326 g/mol. The Kier molecular flexibility index (Phi) is 4.30. The molecule has 1 fully saturated rings. The Morgan fingerprint density at radius 1 is 1.32 bits per heavy atom. The van der Waals surface area contributed by atoms with Crippen molar-refractivity contribution in [3.05, 3.63) is 29.8 Å². The molecule has 3 amide bonds. The number of imide groups is 1. The summed E-state index contributed by atoms with van der Waals surface area (Å²) in [5.41, 5.74) is 1.86. The molecule has 132 valence electrons. The highest BCUT2D eigenvalue weighted by Crippen LogP contribution is 2.25. The number of hydrogen-bond acceptors (Lipinski definition) is 7. The van der Waals surface area contributed by atoms with Crippen LogP contribution in [-0.2, 0) is 14.3 Å². The Morgan fingerprint density at radius 3 is 2.64 bits per heavy atom. The van der Waals surface area contributed by atoms with Gasteiger partial charge in [0, 0.05) is 12.7 Å². The van der Waals surface area contributed by atoms with E-state index >= 15 is 0 Å². The zero-order chi connectivity index (χ0) is 18.1. The molecule has 0 aliphatic carbocycles. The van der Waals surface area contributed by atoms with Crippen molar-refractivity contribution in [2.75, 3.05) is 26.0 Å². The number of rotatable bonds is 3. The van der Waals surface area contributed by atoms with Crippen LogP contribution in [-0.4, -0.2) is 66.6 Å². The van der Waals surface area contributed by atoms with Crippen LogP contribution >= 0.6 is 0 Å². The lowest BCUT2D eigenvalue weighted by atomic mass is 10.1. The monoisotopic (exact) mass is 345 g/mol. The maximum absolute atomic E-state index is 12.3. The molecule has 9 nitrogen and oxygen atoms in total. The average Bonchev–Trinajstić information content (AvgIpc) is 2.93. The Hall–Kier alpha value is -3.10. The van der Waals surface area contributed by atoms with Crippen molar-refractivity contribution in [2.24, 2.45) is 4.99 Å². The fourth-order valence-electron chi connectivity index (χ4n) is 2.77. The number of urea groups is 1. The standard InChI is InChI=1S/C16H19N5O4/c1-9-4-6-10(7-5-9)17-15-18-13-12(21(15)8-11(22)25-3)14(23)19-16(24)20(13)2/h4-7,12-13H,8H2,1-3H3,(H,17,18)(H,19,23,24). The summed E-state index contributed by atoms with van der Waals surface area (Å²) in [7, 11) is 2.82. The molecule has 9 heteroatoms. The third-order valence-electron chi connectivity index (χ3n) is 4.20. The summed E-state index contributed by atoms with van der Waals surface area (Å²) in [6.07, 6.45) is -0.709. The van der Waals surface area contributed by atoms with Gasteiger partial charge in [-0.1, -0.05) is 17.7 Å². The average molecular weight is 345 g/mol. The van der Waals surface area contributed by atoms with E-state index in [0.717, 1.165) is 11.3 Å². The van der Waals surface area contributed by atoms with E-state index in [4.69, 9.17) is 4.74 Å². The number of carbonyl (C=O) groups excluding carboxylic acids is 3. The van der Waals surface area contributed by atoms with Gasteiger partial charge in [-0.2, -0.15) is 0 Å². The number of ether oxygens (including phenoxy) is 1. The summed E-state index contributed by atoms with van der Waals surface area (Å²) in [4.78, 5) is 43.2. The summed E-state index contributed by atoms with van der Waals surface area (Å²) in [5.74, 6) is -0.672. The number of anilines is 1. The van der Waals surface area contributed by atoms with Gasteiger partial charge >= 0.3 is 12.0 Å². The molecule has 0 aromatic heterocycles. The largest absolute Gasteiger partial charge is 0.468 e. The fraction of sp³-hybridized carbons (Fsp3) is 0.375. The summed E-state index contributed by atoms with van der Waals surface area (Å²) >= 11 is 0. The molecule has 3 rings (SSSR count). The number of aryl methyl sites for hydroxylation is 1. The van der Waals surface area contributed by atoms with Gasteiger partial charge in [-0.25, -0.2) is 9.79 Å². The lowest BCUT2D eigenvalue weighted by molar-refractivity contribution is -0.142. The second-order valence-corrected chi connectivity index (χ2v) is 5.91. The Bertz CT molecular complexity index is 745. The molecule has 0 saturated carbocycles. The first kappa shape index (κ1) is 16.7. The van der Waals surface area contributed by atoms with Crippen LogP contribution < -0.4 is 10.6 Å². The summed E-state index contributed by atoms with van der Waals surface area (Å²) in [5, 5.41) is 5.38. The molecule has 2 unspecified atom stereocenters. The first-order chi connectivity index (χ1) is 11.9. The molecule has 25 heavy (non-hydrogen) atoms. The van der Waals surface area contributed by atoms with Crippen molar-refractivity contribution < 1.29 is 19.1 Å². The summed E-state index contributed by atoms with van der Waals surface area (Å²) in [6, 6.07) is 6.27. The van der Waals surface area contributed by atoms with Gasteiger partial charge in [0.1, 0.15) is 6.54 Å². The van der Waals surface area contributed by atoms with Gasteiger partial charge in [-0.15, -0.1) is 0 Å². The van der Waals surface area contributed by atoms with Crippen LogP contribution in [0.3, 0.4) is 0 Å². The van der Waals surface area contributed by atoms with Crippen LogP contribution in [0.5, 0.6) is 0 Å². The molecule has 2 heterocycles. The van der Waals surface area contributed by atoms with Crippen LogP contribution in [0.15, 0.2) is 29.3 Å². The molecule has 2 atom stereocenters. The minimum Gasteiger partial charge on any atom is -0.468 e. The Morgan fingerprint density at radius 2 is 2.00 bits per heavy atom. The number of likely N-dealkylation sites (N-methyl/N-ethyl adjacent to an activating group) is 1. The van der Waals surface area contributed by atoms with Crippen molar-refractivity contribution in [2.45, 2.75) is 19.1 Å². The van der Waals surface area contributed by atoms with Crippen molar-refractivity contribution in [3.63, 3.8) is 0 Å². The van der Waals surface area contributed by atoms with Gasteiger partial charge < -0.3 is 19.9 Å². The number of benzene rings is 1. The SMILES string of the molecule is COC(=O)CN1C(Nc2ccc(C)cc2)=NC2C1C(=O)NC(=O)N2C. The van der Waals surface area contributed by atoms with Gasteiger partial charge in [-0.3, -0.25) is 14.9 Å². The zero-order valence-electron chi connectivity index (χ0n) is 14.1. The molecule has 0 spiro atoms. The first-order valence-corrected chi connectivity index (χ1v) is 7.73. The first-order valence-electron chi connectivity index (χ1n) is 7.73. The van der Waals surface area contributed by atoms with E-state index in [1.54, 1.807) is 7.05 Å². The number of nitrogens with one attached hydrogen (secondary N) is 2. The smallest absolute Gasteiger partial charge is 0.325 e. The van der Waals surface area contributed by atoms with Gasteiger partial charge in [-0.05, 0) is 19.1 Å². The number of fused-ring (bicyclic) bond motifs is 1. The summed E-state index contributed by atoms with van der Waals surface area (Å²) in [6.45, 7) is 1.81. The Labute approximate surface area is 144 Å². The lowest BCUT2D eigenvalue weighted by Gasteiger charge is -2.35. The van der Waals surface area contributed by atoms with E-state index in [9.17, 15) is 14.4 Å². The van der Waals surface area contributed by atoms with Crippen LogP contribution in [0.1, 0.15) is 5.56 Å². The van der Waals surface area contributed by atoms with Gasteiger partial charge in [0.15, 0.2) is 12.2 Å². The quantitative estimate of drug-likeness (QED) is 0.755. The van der Waals surface area contributed by atoms with E-state index in [1.807, 2.05) is 31.2 Å². The number of aliphatic imine (C=N–C) groups is 1. The molecule has 0 radical (unpaired) electrons. The highest BCUT2D eigenvalue weighted by molar-refractivity contribution is 6.06. The van der Waals surface area contributed by atoms with E-state index in [0.29, 0.717) is 5.96 Å². The molecule has 0 bridgehead atoms. The predicted octanol–water partition coefficient (Wildman–Crippen LogP) is 0.128. The van der Waals surface area contributed by atoms with E-state index < -0.39 is 30.1 Å². The fourth-order valence-corrected chi connectivity index (χ4v) is 2.77. The number of amides is 3. The number of carbonyl (C=O) groups is 3. The third kappa shape index (κ3) is 3.12. The van der Waals surface area contributed by atoms with Crippen molar-refractivity contribution in [1.29, 1.82) is 0 Å². The minimum absolute atomic E-state index is 0.162. The van der Waals surface area contributed by atoms with Gasteiger partial charge in [0.25, 0.3) is 5.91 Å². The van der Waals surface area contributed by atoms with E-state index in [2.05, 4.69) is 15.6 Å². The third-order valence-corrected chi connectivity index (χ3v) is 4.20. The second kappa shape index (κ2) is 6.42. The molecule has 1 aromatic rings. The number of nitrogens with zero attached hydrogens (tertiary/aromatic N) is 3. The molecule has 2 N–H and O–H groups in total. The normalized spacial score (nSPS) is 22.3. The molecular formula is C16H19N5O4. The Balaban J connectivity index is 1.91. The van der Waals surface area contributed by atoms with E-state index in [-0.39, 0.29) is 6.54 Å². The number of esters is 1. The van der Waals surface area contributed by atoms with E-state index in [1.165, 1.54) is 16.9 Å². The van der Waals surface area contributed by atoms with Crippen molar-refractivity contribution >= 4 is 29.6 Å². The molecule has 1 aromatic carbocycles. The van der Waals surface area contributed by atoms with Crippen LogP contribution in [0.2, 0.25) is 0 Å². The molecule has 2 aliphatic rings. The maximum atomic E-state index is 12.3. The van der Waals surface area contributed by atoms with Crippen molar-refractivity contribution in [1.82, 2.24) is 15.1 Å². The van der Waals surface area contributed by atoms with Crippen molar-refractivity contribution in [3.8, 4) is 0 Å². The maximum Gasteiger partial charge on any atom is 0.325 e. The number of guanidine groups is 1. The highest BCUT2D eigenvalue weighted by atomic mass is 16.5. The topological polar surface area (TPSA) is 103 Å². The summed E-state index contributed by atoms with van der Waals surface area (Å²) < 4.78 is 4.71. The molecule has 2 aliphatic heterocycles. The van der Waals surface area contributed by atoms with Gasteiger partial charge in [0.05, 0.1) is 7.11 Å². The van der Waals surface area contributed by atoms with Gasteiger partial charge in [0.2, 0.25) is 5.96 Å². The highest BCUT2D eigenvalue weighted by Gasteiger charge is 2.49. The predicted molar refractivity (Wildman–Crippen MR) is 89.8 cm³/mol. The van der Waals surface area contributed by atoms with Crippen LogP contribution in [0.4, 0.5) is 10.5 Å². The zero-order valence-corrected chi connectivity index (χ0v) is 14.1. The number of hydrogen-bond donors (Lipinski definition) is 2. The number of methoxy groups -OCH3 is 1. The second-order valence-electron chi connectivity index (χ2n) is 5.91. The van der Waals surface area contributed by atoms with Crippen LogP contribution in [0, 0.1) is 6.92 Å². The lowest BCUT2D eigenvalue weighted by Crippen LogP contribution is -2.64. The van der Waals surface area contributed by atoms with Crippen LogP contribution in [0.25, 0.3) is 0 Å². The molecule has 1 saturated heterocycles.